The molecule has 0 unspecified atom stereocenters. The van der Waals surface area contributed by atoms with E-state index in [0.717, 1.165) is 42.1 Å². The van der Waals surface area contributed by atoms with Crippen molar-refractivity contribution in [1.29, 1.82) is 0 Å². The minimum absolute atomic E-state index is 0.132. The van der Waals surface area contributed by atoms with Crippen molar-refractivity contribution in [2.24, 2.45) is 23.7 Å². The van der Waals surface area contributed by atoms with Crippen molar-refractivity contribution in [3.8, 4) is 5.75 Å². The van der Waals surface area contributed by atoms with E-state index in [9.17, 15) is 13.2 Å². The second-order valence-corrected chi connectivity index (χ2v) is 10.7. The van der Waals surface area contributed by atoms with Gasteiger partial charge in [-0.25, -0.2) is 0 Å². The number of hydrogen-bond donors (Lipinski definition) is 0. The van der Waals surface area contributed by atoms with Crippen LogP contribution in [0.1, 0.15) is 63.4 Å². The summed E-state index contributed by atoms with van der Waals surface area (Å²) in [5.74, 6) is 3.64. The maximum Gasteiger partial charge on any atom is 0.573 e. The smallest absolute Gasteiger partial charge is 0.406 e. The summed E-state index contributed by atoms with van der Waals surface area (Å²) in [7, 11) is 0.227. The summed E-state index contributed by atoms with van der Waals surface area (Å²) in [6.45, 7) is 2.44. The molecule has 2 fully saturated rings. The van der Waals surface area contributed by atoms with Gasteiger partial charge in [0.15, 0.2) is 0 Å². The summed E-state index contributed by atoms with van der Waals surface area (Å²) < 4.78 is 40.6. The van der Waals surface area contributed by atoms with Gasteiger partial charge in [0.2, 0.25) is 0 Å². The minimum atomic E-state index is -4.61. The first kappa shape index (κ1) is 21.7. The Hall–Kier alpha value is -0.973. The lowest BCUT2D eigenvalue weighted by molar-refractivity contribution is -0.274. The van der Waals surface area contributed by atoms with Crippen molar-refractivity contribution in [3.63, 3.8) is 0 Å². The Morgan fingerprint density at radius 1 is 0.857 bits per heavy atom. The molecule has 0 aromatic heterocycles. The van der Waals surface area contributed by atoms with E-state index in [2.05, 4.69) is 11.3 Å². The fraction of sp³-hybridized carbons (Fsp3) is 0.739. The third kappa shape index (κ3) is 6.82. The number of hydrogen-bond acceptors (Lipinski definition) is 1. The molecule has 3 rings (SSSR count). The normalized spacial score (nSPS) is 29.3. The van der Waals surface area contributed by atoms with Crippen LogP contribution in [0.4, 0.5) is 13.2 Å². The summed E-state index contributed by atoms with van der Waals surface area (Å²) in [5.41, 5.74) is 1.11. The van der Waals surface area contributed by atoms with Crippen molar-refractivity contribution in [2.75, 3.05) is 0 Å². The van der Waals surface area contributed by atoms with Crippen LogP contribution in [0.15, 0.2) is 24.3 Å². The van der Waals surface area contributed by atoms with E-state index in [1.54, 1.807) is 18.2 Å². The van der Waals surface area contributed by atoms with Crippen LogP contribution < -0.4 is 4.74 Å². The van der Waals surface area contributed by atoms with Crippen LogP contribution in [0.2, 0.25) is 12.6 Å². The van der Waals surface area contributed by atoms with E-state index >= 15 is 0 Å². The fourth-order valence-electron chi connectivity index (χ4n) is 5.53. The molecule has 1 aromatic rings. The lowest BCUT2D eigenvalue weighted by atomic mass is 9.69. The van der Waals surface area contributed by atoms with Crippen molar-refractivity contribution in [2.45, 2.75) is 83.2 Å². The summed E-state index contributed by atoms with van der Waals surface area (Å²) in [5, 5.41) is 0. The molecule has 0 spiro atoms. The number of halogens is 3. The number of alkyl halides is 3. The van der Waals surface area contributed by atoms with Gasteiger partial charge in [0.05, 0.1) is 0 Å². The van der Waals surface area contributed by atoms with Crippen LogP contribution in [0.3, 0.4) is 0 Å². The molecule has 5 heteroatoms. The zero-order chi connectivity index (χ0) is 20.0. The van der Waals surface area contributed by atoms with Gasteiger partial charge in [-0.15, -0.1) is 13.2 Å². The van der Waals surface area contributed by atoms with E-state index in [-0.39, 0.29) is 15.3 Å². The first-order valence-corrected chi connectivity index (χ1v) is 13.7. The lowest BCUT2D eigenvalue weighted by Crippen LogP contribution is -2.26. The number of ether oxygens (including phenoxy) is 1. The van der Waals surface area contributed by atoms with Crippen LogP contribution >= 0.6 is 0 Å². The topological polar surface area (TPSA) is 9.23 Å². The molecule has 0 bridgehead atoms. The summed E-state index contributed by atoms with van der Waals surface area (Å²) in [6.07, 6.45) is 8.86. The number of benzene rings is 1. The van der Waals surface area contributed by atoms with E-state index in [1.165, 1.54) is 63.5 Å². The molecule has 2 saturated carbocycles. The van der Waals surface area contributed by atoms with Crippen LogP contribution in [0.5, 0.6) is 5.75 Å². The van der Waals surface area contributed by atoms with Gasteiger partial charge in [-0.3, -0.25) is 0 Å². The summed E-state index contributed by atoms with van der Waals surface area (Å²) in [4.78, 5) is 0. The van der Waals surface area contributed by atoms with Crippen LogP contribution in [-0.4, -0.2) is 15.9 Å². The molecule has 0 saturated heterocycles. The standard InChI is InChI=1S/C23H35F3OSi/c1-28-16-19-6-12-21(13-7-19)20-10-4-17(5-11-20)2-3-18-8-14-22(15-9-18)27-23(24,25)26/h8-9,14-15,17,19-21H,2-7,10-13,16,28H2,1H3. The van der Waals surface area contributed by atoms with Crippen LogP contribution in [0, 0.1) is 23.7 Å². The summed E-state index contributed by atoms with van der Waals surface area (Å²) in [6, 6.07) is 7.95. The van der Waals surface area contributed by atoms with Gasteiger partial charge in [-0.05, 0) is 79.9 Å². The Labute approximate surface area is 170 Å². The molecule has 1 nitrogen and oxygen atoms in total. The van der Waals surface area contributed by atoms with Gasteiger partial charge >= 0.3 is 6.36 Å². The molecule has 1 aromatic carbocycles. The predicted molar refractivity (Wildman–Crippen MR) is 112 cm³/mol. The van der Waals surface area contributed by atoms with Crippen LogP contribution in [-0.2, 0) is 6.42 Å². The number of aryl methyl sites for hydroxylation is 1. The van der Waals surface area contributed by atoms with E-state index in [1.807, 2.05) is 0 Å². The fourth-order valence-corrected chi connectivity index (χ4v) is 6.93. The van der Waals surface area contributed by atoms with Crippen molar-refractivity contribution < 1.29 is 17.9 Å². The Balaban J connectivity index is 1.36. The van der Waals surface area contributed by atoms with Crippen molar-refractivity contribution >= 4 is 9.52 Å². The lowest BCUT2D eigenvalue weighted by Gasteiger charge is -2.38. The van der Waals surface area contributed by atoms with E-state index in [4.69, 9.17) is 0 Å². The van der Waals surface area contributed by atoms with E-state index < -0.39 is 6.36 Å². The Morgan fingerprint density at radius 3 is 1.89 bits per heavy atom. The summed E-state index contributed by atoms with van der Waals surface area (Å²) >= 11 is 0. The van der Waals surface area contributed by atoms with Gasteiger partial charge in [-0.2, -0.15) is 0 Å². The minimum Gasteiger partial charge on any atom is -0.406 e. The highest BCUT2D eigenvalue weighted by molar-refractivity contribution is 6.33. The molecule has 0 N–H and O–H groups in total. The predicted octanol–water partition coefficient (Wildman–Crippen LogP) is 6.77. The average Bonchev–Trinajstić information content (AvgIpc) is 2.68. The zero-order valence-corrected chi connectivity index (χ0v) is 18.6. The van der Waals surface area contributed by atoms with Gasteiger partial charge < -0.3 is 4.74 Å². The second kappa shape index (κ2) is 10.2. The molecular formula is C23H35F3OSi. The molecule has 2 aliphatic rings. The van der Waals surface area contributed by atoms with Gasteiger partial charge in [0.1, 0.15) is 5.75 Å². The van der Waals surface area contributed by atoms with E-state index in [0.29, 0.717) is 0 Å². The highest BCUT2D eigenvalue weighted by Gasteiger charge is 2.31. The molecule has 0 amide bonds. The largest absolute Gasteiger partial charge is 0.573 e. The quantitative estimate of drug-likeness (QED) is 0.449. The highest BCUT2D eigenvalue weighted by Crippen LogP contribution is 2.42. The Bertz CT molecular complexity index is 571. The second-order valence-electron chi connectivity index (χ2n) is 9.08. The van der Waals surface area contributed by atoms with Gasteiger partial charge in [0.25, 0.3) is 0 Å². The first-order valence-electron chi connectivity index (χ1n) is 11.3. The van der Waals surface area contributed by atoms with Crippen molar-refractivity contribution in [1.82, 2.24) is 0 Å². The molecule has 2 aliphatic carbocycles. The zero-order valence-electron chi connectivity index (χ0n) is 17.1. The Kier molecular flexibility index (Phi) is 7.90. The average molecular weight is 413 g/mol. The molecule has 0 radical (unpaired) electrons. The Morgan fingerprint density at radius 2 is 1.39 bits per heavy atom. The third-order valence-corrected chi connectivity index (χ3v) is 8.54. The highest BCUT2D eigenvalue weighted by atomic mass is 28.2. The third-order valence-electron chi connectivity index (χ3n) is 7.14. The van der Waals surface area contributed by atoms with Crippen LogP contribution in [0.25, 0.3) is 0 Å². The first-order chi connectivity index (χ1) is 13.4. The molecule has 0 heterocycles. The maximum absolute atomic E-state index is 12.2. The number of rotatable bonds is 7. The molecule has 0 aliphatic heterocycles. The van der Waals surface area contributed by atoms with Gasteiger partial charge in [-0.1, -0.05) is 50.4 Å². The maximum atomic E-state index is 12.2. The molecular weight excluding hydrogens is 377 g/mol. The molecule has 0 atom stereocenters. The van der Waals surface area contributed by atoms with Crippen molar-refractivity contribution in [3.05, 3.63) is 29.8 Å². The monoisotopic (exact) mass is 412 g/mol. The SMILES string of the molecule is C[SiH2]CC1CCC(C2CCC(CCc3ccc(OC(F)(F)F)cc3)CC2)CC1. The molecule has 158 valence electrons. The molecule has 28 heavy (non-hydrogen) atoms. The van der Waals surface area contributed by atoms with Gasteiger partial charge in [0, 0.05) is 9.52 Å².